The maximum Gasteiger partial charge on any atom is 0.253 e. The zero-order valence-corrected chi connectivity index (χ0v) is 12.1. The number of carbonyl (C=O) groups excluding carboxylic acids is 2. The van der Waals surface area contributed by atoms with Crippen molar-refractivity contribution in [3.8, 4) is 0 Å². The monoisotopic (exact) mass is 332 g/mol. The summed E-state index contributed by atoms with van der Waals surface area (Å²) in [7, 11) is 0. The lowest BCUT2D eigenvalue weighted by Crippen LogP contribution is -2.37. The van der Waals surface area contributed by atoms with Gasteiger partial charge in [0.1, 0.15) is 6.04 Å². The van der Waals surface area contributed by atoms with Crippen molar-refractivity contribution in [1.29, 1.82) is 0 Å². The second kappa shape index (κ2) is 6.34. The van der Waals surface area contributed by atoms with Gasteiger partial charge in [-0.05, 0) is 33.6 Å². The highest BCUT2D eigenvalue weighted by atomic mass is 79.9. The number of nitrogens with two attached hydrogens (primary N) is 1. The smallest absolute Gasteiger partial charge is 0.253 e. The highest BCUT2D eigenvalue weighted by molar-refractivity contribution is 9.10. The summed E-state index contributed by atoms with van der Waals surface area (Å²) >= 11 is 3.30. The quantitative estimate of drug-likeness (QED) is 0.902. The third kappa shape index (κ3) is 3.24. The van der Waals surface area contributed by atoms with Crippen LogP contribution in [0.3, 0.4) is 0 Å². The van der Waals surface area contributed by atoms with E-state index in [4.69, 9.17) is 5.73 Å². The highest BCUT2D eigenvalue weighted by Crippen LogP contribution is 2.18. The standard InChI is InChI=1S/C15H13BrN2O2/c16-12-9-5-4-8-11(12)15(20)18-13(14(17)19)10-6-2-1-3-7-10/h1-9,13H,(H2,17,19)(H,18,20). The van der Waals surface area contributed by atoms with Crippen molar-refractivity contribution in [2.24, 2.45) is 5.73 Å². The van der Waals surface area contributed by atoms with Gasteiger partial charge in [-0.15, -0.1) is 0 Å². The first-order valence-corrected chi connectivity index (χ1v) is 6.78. The summed E-state index contributed by atoms with van der Waals surface area (Å²) in [4.78, 5) is 23.8. The fourth-order valence-corrected chi connectivity index (χ4v) is 2.28. The molecule has 0 spiro atoms. The first kappa shape index (κ1) is 14.3. The Morgan fingerprint density at radius 3 is 2.20 bits per heavy atom. The van der Waals surface area contributed by atoms with Crippen molar-refractivity contribution in [2.75, 3.05) is 0 Å². The van der Waals surface area contributed by atoms with Gasteiger partial charge in [0.2, 0.25) is 5.91 Å². The second-order valence-electron chi connectivity index (χ2n) is 4.20. The first-order valence-electron chi connectivity index (χ1n) is 5.99. The van der Waals surface area contributed by atoms with Gasteiger partial charge in [0.25, 0.3) is 5.91 Å². The van der Waals surface area contributed by atoms with E-state index in [0.717, 1.165) is 0 Å². The molecule has 2 aromatic rings. The molecule has 2 rings (SSSR count). The largest absolute Gasteiger partial charge is 0.368 e. The molecule has 0 saturated carbocycles. The lowest BCUT2D eigenvalue weighted by Gasteiger charge is -2.16. The number of primary amides is 1. The van der Waals surface area contributed by atoms with Gasteiger partial charge in [0, 0.05) is 4.47 Å². The van der Waals surface area contributed by atoms with Crippen LogP contribution in [0.5, 0.6) is 0 Å². The highest BCUT2D eigenvalue weighted by Gasteiger charge is 2.21. The van der Waals surface area contributed by atoms with E-state index in [1.807, 2.05) is 12.1 Å². The minimum Gasteiger partial charge on any atom is -0.368 e. The van der Waals surface area contributed by atoms with Gasteiger partial charge in [-0.1, -0.05) is 42.5 Å². The van der Waals surface area contributed by atoms with E-state index in [1.54, 1.807) is 42.5 Å². The Hall–Kier alpha value is -2.14. The van der Waals surface area contributed by atoms with Crippen molar-refractivity contribution in [3.05, 3.63) is 70.2 Å². The Labute approximate surface area is 125 Å². The van der Waals surface area contributed by atoms with Crippen molar-refractivity contribution in [2.45, 2.75) is 6.04 Å². The number of rotatable bonds is 4. The molecule has 0 heterocycles. The van der Waals surface area contributed by atoms with Crippen LogP contribution in [-0.2, 0) is 4.79 Å². The summed E-state index contributed by atoms with van der Waals surface area (Å²) in [6.07, 6.45) is 0. The van der Waals surface area contributed by atoms with Crippen LogP contribution in [0.25, 0.3) is 0 Å². The van der Waals surface area contributed by atoms with E-state index >= 15 is 0 Å². The Kier molecular flexibility index (Phi) is 4.53. The van der Waals surface area contributed by atoms with Crippen molar-refractivity contribution in [3.63, 3.8) is 0 Å². The summed E-state index contributed by atoms with van der Waals surface area (Å²) in [5, 5.41) is 2.65. The van der Waals surface area contributed by atoms with Gasteiger partial charge in [-0.3, -0.25) is 9.59 Å². The average molecular weight is 333 g/mol. The number of benzene rings is 2. The molecule has 0 radical (unpaired) electrons. The normalized spacial score (nSPS) is 11.7. The van der Waals surface area contributed by atoms with Gasteiger partial charge < -0.3 is 11.1 Å². The Balaban J connectivity index is 2.24. The molecular formula is C15H13BrN2O2. The van der Waals surface area contributed by atoms with E-state index in [0.29, 0.717) is 15.6 Å². The van der Waals surface area contributed by atoms with Crippen LogP contribution in [0, 0.1) is 0 Å². The molecule has 0 aliphatic rings. The van der Waals surface area contributed by atoms with Crippen LogP contribution in [-0.4, -0.2) is 11.8 Å². The fourth-order valence-electron chi connectivity index (χ4n) is 1.82. The van der Waals surface area contributed by atoms with Crippen LogP contribution in [0.1, 0.15) is 22.0 Å². The predicted octanol–water partition coefficient (Wildman–Crippen LogP) is 2.41. The van der Waals surface area contributed by atoms with Crippen molar-refractivity contribution < 1.29 is 9.59 Å². The van der Waals surface area contributed by atoms with E-state index in [9.17, 15) is 9.59 Å². The lowest BCUT2D eigenvalue weighted by atomic mass is 10.1. The Morgan fingerprint density at radius 1 is 1.00 bits per heavy atom. The number of nitrogens with one attached hydrogen (secondary N) is 1. The maximum absolute atomic E-state index is 12.2. The predicted molar refractivity (Wildman–Crippen MR) is 80.0 cm³/mol. The Bertz CT molecular complexity index is 629. The maximum atomic E-state index is 12.2. The molecule has 1 atom stereocenters. The molecule has 0 aliphatic carbocycles. The lowest BCUT2D eigenvalue weighted by molar-refractivity contribution is -0.120. The number of hydrogen-bond acceptors (Lipinski definition) is 2. The molecule has 3 N–H and O–H groups in total. The van der Waals surface area contributed by atoms with Gasteiger partial charge >= 0.3 is 0 Å². The van der Waals surface area contributed by atoms with Crippen molar-refractivity contribution in [1.82, 2.24) is 5.32 Å². The van der Waals surface area contributed by atoms with Crippen LogP contribution < -0.4 is 11.1 Å². The topological polar surface area (TPSA) is 72.2 Å². The van der Waals surface area contributed by atoms with Gasteiger partial charge in [-0.2, -0.15) is 0 Å². The van der Waals surface area contributed by atoms with Gasteiger partial charge in [0.05, 0.1) is 5.56 Å². The van der Waals surface area contributed by atoms with Crippen LogP contribution in [0.2, 0.25) is 0 Å². The minimum atomic E-state index is -0.851. The third-order valence-electron chi connectivity index (χ3n) is 2.81. The summed E-state index contributed by atoms with van der Waals surface area (Å²) in [6, 6.07) is 15.0. The summed E-state index contributed by atoms with van der Waals surface area (Å²) in [5.41, 5.74) is 6.47. The van der Waals surface area contributed by atoms with E-state index in [2.05, 4.69) is 21.2 Å². The van der Waals surface area contributed by atoms with Gasteiger partial charge in [0.15, 0.2) is 0 Å². The molecule has 2 amide bonds. The molecule has 0 bridgehead atoms. The van der Waals surface area contributed by atoms with Gasteiger partial charge in [-0.25, -0.2) is 0 Å². The zero-order valence-electron chi connectivity index (χ0n) is 10.5. The molecule has 2 aromatic carbocycles. The Morgan fingerprint density at radius 2 is 1.60 bits per heavy atom. The summed E-state index contributed by atoms with van der Waals surface area (Å²) < 4.78 is 0.661. The fraction of sp³-hybridized carbons (Fsp3) is 0.0667. The number of amides is 2. The SMILES string of the molecule is NC(=O)C(NC(=O)c1ccccc1Br)c1ccccc1. The third-order valence-corrected chi connectivity index (χ3v) is 3.50. The van der Waals surface area contributed by atoms with Crippen LogP contribution in [0.15, 0.2) is 59.1 Å². The number of hydrogen-bond donors (Lipinski definition) is 2. The molecule has 102 valence electrons. The molecule has 1 unspecified atom stereocenters. The molecular weight excluding hydrogens is 320 g/mol. The van der Waals surface area contributed by atoms with E-state index in [-0.39, 0.29) is 5.91 Å². The summed E-state index contributed by atoms with van der Waals surface area (Å²) in [6.45, 7) is 0. The average Bonchev–Trinajstić information content (AvgIpc) is 2.45. The van der Waals surface area contributed by atoms with Crippen LogP contribution in [0.4, 0.5) is 0 Å². The molecule has 0 aromatic heterocycles. The molecule has 20 heavy (non-hydrogen) atoms. The second-order valence-corrected chi connectivity index (χ2v) is 5.05. The number of halogens is 1. The zero-order chi connectivity index (χ0) is 14.5. The molecule has 5 heteroatoms. The molecule has 4 nitrogen and oxygen atoms in total. The van der Waals surface area contributed by atoms with Crippen molar-refractivity contribution >= 4 is 27.7 Å². The number of carbonyl (C=O) groups is 2. The molecule has 0 saturated heterocycles. The molecule has 0 fully saturated rings. The van der Waals surface area contributed by atoms with E-state index < -0.39 is 11.9 Å². The van der Waals surface area contributed by atoms with Crippen LogP contribution >= 0.6 is 15.9 Å². The minimum absolute atomic E-state index is 0.356. The van der Waals surface area contributed by atoms with E-state index in [1.165, 1.54) is 0 Å². The molecule has 0 aliphatic heterocycles. The first-order chi connectivity index (χ1) is 9.59. The summed E-state index contributed by atoms with van der Waals surface area (Å²) in [5.74, 6) is -0.957.